The average molecular weight is 452 g/mol. The van der Waals surface area contributed by atoms with Crippen LogP contribution < -0.4 is 10.5 Å². The smallest absolute Gasteiger partial charge is 0.241 e. The van der Waals surface area contributed by atoms with E-state index in [0.29, 0.717) is 17.0 Å². The molecule has 1 aromatic carbocycles. The van der Waals surface area contributed by atoms with Crippen molar-refractivity contribution in [1.82, 2.24) is 38.8 Å². The van der Waals surface area contributed by atoms with Gasteiger partial charge in [-0.1, -0.05) is 6.07 Å². The van der Waals surface area contributed by atoms with Gasteiger partial charge in [-0.2, -0.15) is 5.10 Å². The Morgan fingerprint density at radius 3 is 2.72 bits per heavy atom. The van der Waals surface area contributed by atoms with Crippen molar-refractivity contribution in [2.45, 2.75) is 43.2 Å². The van der Waals surface area contributed by atoms with Crippen LogP contribution >= 0.6 is 0 Å². The van der Waals surface area contributed by atoms with E-state index in [-0.39, 0.29) is 21.8 Å². The SMILES string of the molecule is Cc1ccc(S(=O)(=O)NC23CC(Cn4cncn4)(C2)C3)cc1-c1cn2c(N)ncnc2n1. The van der Waals surface area contributed by atoms with Gasteiger partial charge in [0.15, 0.2) is 0 Å². The molecule has 0 saturated heterocycles. The molecule has 3 saturated carbocycles. The van der Waals surface area contributed by atoms with Crippen molar-refractivity contribution in [2.24, 2.45) is 5.41 Å². The standard InChI is InChI=1S/C20H21N9O2S/c1-13-2-3-14(4-15(13)16-5-29-17(21)23-11-24-18(29)26-16)32(30,31)27-20-6-19(7-20,8-20)9-28-12-22-10-25-28/h2-5,10-12,27H,6-9H2,1H3,(H2,21,23,24,26). The summed E-state index contributed by atoms with van der Waals surface area (Å²) in [6, 6.07) is 5.07. The van der Waals surface area contributed by atoms with Crippen LogP contribution in [-0.2, 0) is 16.6 Å². The molecular weight excluding hydrogens is 430 g/mol. The maximum atomic E-state index is 13.2. The summed E-state index contributed by atoms with van der Waals surface area (Å²) >= 11 is 0. The number of nitrogens with two attached hydrogens (primary N) is 1. The number of aromatic nitrogens is 7. The van der Waals surface area contributed by atoms with Crippen LogP contribution in [0.1, 0.15) is 24.8 Å². The number of benzene rings is 1. The predicted octanol–water partition coefficient (Wildman–Crippen LogP) is 1.17. The number of hydrogen-bond donors (Lipinski definition) is 2. The third-order valence-electron chi connectivity index (χ3n) is 6.55. The van der Waals surface area contributed by atoms with E-state index in [0.717, 1.165) is 31.4 Å². The van der Waals surface area contributed by atoms with Crippen molar-refractivity contribution < 1.29 is 8.42 Å². The Kier molecular flexibility index (Phi) is 3.82. The van der Waals surface area contributed by atoms with E-state index in [1.165, 1.54) is 12.7 Å². The Labute approximate surface area is 183 Å². The van der Waals surface area contributed by atoms with Crippen molar-refractivity contribution >= 4 is 21.7 Å². The zero-order valence-electron chi connectivity index (χ0n) is 17.3. The molecule has 12 heteroatoms. The van der Waals surface area contributed by atoms with E-state index in [1.807, 2.05) is 11.6 Å². The van der Waals surface area contributed by atoms with Crippen molar-refractivity contribution in [2.75, 3.05) is 5.73 Å². The Morgan fingerprint density at radius 2 is 2.00 bits per heavy atom. The minimum absolute atomic E-state index is 0.117. The zero-order valence-corrected chi connectivity index (χ0v) is 18.1. The summed E-state index contributed by atoms with van der Waals surface area (Å²) < 4.78 is 32.7. The van der Waals surface area contributed by atoms with Gasteiger partial charge in [-0.15, -0.1) is 0 Å². The van der Waals surface area contributed by atoms with Crippen LogP contribution in [0.3, 0.4) is 0 Å². The van der Waals surface area contributed by atoms with E-state index < -0.39 is 10.0 Å². The first-order valence-electron chi connectivity index (χ1n) is 10.2. The quantitative estimate of drug-likeness (QED) is 0.444. The van der Waals surface area contributed by atoms with E-state index in [9.17, 15) is 8.42 Å². The summed E-state index contributed by atoms with van der Waals surface area (Å²) in [5, 5.41) is 4.16. The minimum atomic E-state index is -3.69. The summed E-state index contributed by atoms with van der Waals surface area (Å²) in [4.78, 5) is 16.7. The molecule has 0 aliphatic heterocycles. The topological polar surface area (TPSA) is 146 Å². The molecule has 0 atom stereocenters. The summed E-state index contributed by atoms with van der Waals surface area (Å²) in [6.45, 7) is 2.68. The Bertz CT molecular complexity index is 1440. The average Bonchev–Trinajstić information content (AvgIpc) is 3.35. The van der Waals surface area contributed by atoms with Crippen molar-refractivity contribution in [3.63, 3.8) is 0 Å². The molecule has 7 rings (SSSR count). The first kappa shape index (κ1) is 19.3. The van der Waals surface area contributed by atoms with Crippen LogP contribution in [0, 0.1) is 12.3 Å². The van der Waals surface area contributed by atoms with Gasteiger partial charge < -0.3 is 5.73 Å². The predicted molar refractivity (Wildman–Crippen MR) is 115 cm³/mol. The number of nitrogens with one attached hydrogen (secondary N) is 1. The third-order valence-corrected chi connectivity index (χ3v) is 8.12. The first-order valence-corrected chi connectivity index (χ1v) is 11.7. The number of rotatable bonds is 6. The molecule has 2 bridgehead atoms. The fourth-order valence-corrected chi connectivity index (χ4v) is 6.71. The lowest BCUT2D eigenvalue weighted by Gasteiger charge is -2.70. The maximum absolute atomic E-state index is 13.2. The second kappa shape index (κ2) is 6.33. The highest BCUT2D eigenvalue weighted by Crippen LogP contribution is 2.68. The van der Waals surface area contributed by atoms with Gasteiger partial charge in [0, 0.05) is 23.8 Å². The van der Waals surface area contributed by atoms with Crippen LogP contribution in [0.2, 0.25) is 0 Å². The largest absolute Gasteiger partial charge is 0.369 e. The lowest BCUT2D eigenvalue weighted by Crippen LogP contribution is -2.75. The summed E-state index contributed by atoms with van der Waals surface area (Å²) in [5.41, 5.74) is 7.84. The zero-order chi connectivity index (χ0) is 22.1. The number of aryl methyl sites for hydroxylation is 1. The molecule has 32 heavy (non-hydrogen) atoms. The molecule has 0 spiro atoms. The summed E-state index contributed by atoms with van der Waals surface area (Å²) in [7, 11) is -3.69. The van der Waals surface area contributed by atoms with Gasteiger partial charge >= 0.3 is 0 Å². The van der Waals surface area contributed by atoms with Crippen LogP contribution in [-0.4, -0.2) is 48.1 Å². The van der Waals surface area contributed by atoms with Gasteiger partial charge in [0.25, 0.3) is 0 Å². The van der Waals surface area contributed by atoms with E-state index >= 15 is 0 Å². The van der Waals surface area contributed by atoms with Crippen molar-refractivity contribution in [1.29, 1.82) is 0 Å². The van der Waals surface area contributed by atoms with Gasteiger partial charge in [-0.3, -0.25) is 9.08 Å². The molecule has 0 radical (unpaired) electrons. The van der Waals surface area contributed by atoms with Crippen LogP contribution in [0.15, 0.2) is 48.3 Å². The second-order valence-corrected chi connectivity index (χ2v) is 10.7. The number of anilines is 1. The fourth-order valence-electron chi connectivity index (χ4n) is 5.28. The highest BCUT2D eigenvalue weighted by Gasteiger charge is 2.69. The molecule has 3 aliphatic carbocycles. The molecule has 4 aromatic rings. The number of hydrogen-bond acceptors (Lipinski definition) is 8. The Balaban J connectivity index is 1.25. The minimum Gasteiger partial charge on any atom is -0.369 e. The normalized spacial score (nSPS) is 24.3. The molecule has 3 fully saturated rings. The maximum Gasteiger partial charge on any atom is 0.241 e. The molecular formula is C20H21N9O2S. The van der Waals surface area contributed by atoms with Gasteiger partial charge in [-0.05, 0) is 49.3 Å². The lowest BCUT2D eigenvalue weighted by atomic mass is 9.40. The highest BCUT2D eigenvalue weighted by atomic mass is 32.2. The molecule has 3 N–H and O–H groups in total. The Hall–Kier alpha value is -3.38. The van der Waals surface area contributed by atoms with Gasteiger partial charge in [0.2, 0.25) is 21.7 Å². The molecule has 11 nitrogen and oxygen atoms in total. The molecule has 3 heterocycles. The molecule has 0 amide bonds. The Morgan fingerprint density at radius 1 is 1.19 bits per heavy atom. The van der Waals surface area contributed by atoms with E-state index in [4.69, 9.17) is 5.73 Å². The number of imidazole rings is 1. The molecule has 0 unspecified atom stereocenters. The highest BCUT2D eigenvalue weighted by molar-refractivity contribution is 7.89. The van der Waals surface area contributed by atoms with Gasteiger partial charge in [0.1, 0.15) is 19.0 Å². The number of nitrogen functional groups attached to an aromatic ring is 1. The summed E-state index contributed by atoms with van der Waals surface area (Å²) in [5.74, 6) is 0.671. The number of sulfonamides is 1. The fraction of sp³-hybridized carbons (Fsp3) is 0.350. The van der Waals surface area contributed by atoms with Crippen molar-refractivity contribution in [3.8, 4) is 11.3 Å². The van der Waals surface area contributed by atoms with Gasteiger partial charge in [0.05, 0.1) is 10.6 Å². The summed E-state index contributed by atoms with van der Waals surface area (Å²) in [6.07, 6.45) is 8.70. The number of nitrogens with zero attached hydrogens (tertiary/aromatic N) is 7. The van der Waals surface area contributed by atoms with Crippen LogP contribution in [0.5, 0.6) is 0 Å². The van der Waals surface area contributed by atoms with Crippen LogP contribution in [0.25, 0.3) is 17.0 Å². The third kappa shape index (κ3) is 2.90. The molecule has 164 valence electrons. The van der Waals surface area contributed by atoms with E-state index in [2.05, 4.69) is 29.8 Å². The lowest BCUT2D eigenvalue weighted by molar-refractivity contribution is -0.153. The van der Waals surface area contributed by atoms with Crippen LogP contribution in [0.4, 0.5) is 5.95 Å². The second-order valence-electron chi connectivity index (χ2n) is 9.01. The molecule has 3 aliphatic rings. The number of fused-ring (bicyclic) bond motifs is 1. The van der Waals surface area contributed by atoms with Gasteiger partial charge in [-0.25, -0.2) is 33.1 Å². The van der Waals surface area contributed by atoms with E-state index in [1.54, 1.807) is 35.1 Å². The monoisotopic (exact) mass is 451 g/mol. The first-order chi connectivity index (χ1) is 15.3. The van der Waals surface area contributed by atoms with Crippen molar-refractivity contribution in [3.05, 3.63) is 48.9 Å². The molecule has 3 aromatic heterocycles.